The standard InChI is InChI=1S/C27H25N3O5S/c1-15-22(27(33)35-5)25(36-23(15)26(32)30(2)3)29-24(31)19-14-21(16-9-8-10-17(13-16)34-4)28-20-12-7-6-11-18(19)20/h6-14H,1-5H3,(H,29,31). The van der Waals surface area contributed by atoms with Crippen molar-refractivity contribution in [1.82, 2.24) is 9.88 Å². The molecule has 0 radical (unpaired) electrons. The van der Waals surface area contributed by atoms with Crippen molar-refractivity contribution in [3.8, 4) is 17.0 Å². The maximum absolute atomic E-state index is 13.6. The average molecular weight is 504 g/mol. The van der Waals surface area contributed by atoms with Crippen molar-refractivity contribution in [3.05, 3.63) is 76.2 Å². The number of amides is 2. The minimum absolute atomic E-state index is 0.160. The molecular formula is C27H25N3O5S. The zero-order chi connectivity index (χ0) is 26.0. The number of ether oxygens (including phenoxy) is 2. The van der Waals surface area contributed by atoms with Gasteiger partial charge in [0.1, 0.15) is 10.8 Å². The molecule has 184 valence electrons. The van der Waals surface area contributed by atoms with E-state index < -0.39 is 11.9 Å². The van der Waals surface area contributed by atoms with Crippen LogP contribution < -0.4 is 10.1 Å². The van der Waals surface area contributed by atoms with Crippen molar-refractivity contribution in [2.75, 3.05) is 33.6 Å². The number of pyridine rings is 1. The molecule has 0 aliphatic heterocycles. The van der Waals surface area contributed by atoms with E-state index in [2.05, 4.69) is 5.32 Å². The van der Waals surface area contributed by atoms with Gasteiger partial charge in [-0.2, -0.15) is 0 Å². The molecule has 0 aliphatic carbocycles. The first-order valence-corrected chi connectivity index (χ1v) is 11.9. The van der Waals surface area contributed by atoms with Crippen molar-refractivity contribution in [1.29, 1.82) is 0 Å². The van der Waals surface area contributed by atoms with Crippen molar-refractivity contribution < 1.29 is 23.9 Å². The second-order valence-corrected chi connectivity index (χ2v) is 9.23. The summed E-state index contributed by atoms with van der Waals surface area (Å²) in [5.74, 6) is -0.664. The molecular weight excluding hydrogens is 478 g/mol. The third-order valence-electron chi connectivity index (χ3n) is 5.69. The van der Waals surface area contributed by atoms with Crippen LogP contribution in [0, 0.1) is 6.92 Å². The van der Waals surface area contributed by atoms with Gasteiger partial charge in [0.25, 0.3) is 11.8 Å². The number of hydrogen-bond acceptors (Lipinski definition) is 7. The van der Waals surface area contributed by atoms with Gasteiger partial charge in [0.15, 0.2) is 0 Å². The van der Waals surface area contributed by atoms with Crippen LogP contribution in [0.15, 0.2) is 54.6 Å². The smallest absolute Gasteiger partial charge is 0.341 e. The summed E-state index contributed by atoms with van der Waals surface area (Å²) in [6.45, 7) is 1.66. The minimum Gasteiger partial charge on any atom is -0.497 e. The molecule has 0 saturated heterocycles. The van der Waals surface area contributed by atoms with Gasteiger partial charge in [0.2, 0.25) is 0 Å². The Hall–Kier alpha value is -4.24. The summed E-state index contributed by atoms with van der Waals surface area (Å²) in [4.78, 5) is 45.4. The fourth-order valence-corrected chi connectivity index (χ4v) is 5.03. The summed E-state index contributed by atoms with van der Waals surface area (Å²) in [6.07, 6.45) is 0. The Morgan fingerprint density at radius 2 is 1.75 bits per heavy atom. The monoisotopic (exact) mass is 503 g/mol. The number of nitrogens with one attached hydrogen (secondary N) is 1. The number of thiophene rings is 1. The van der Waals surface area contributed by atoms with Gasteiger partial charge in [0, 0.05) is 25.0 Å². The summed E-state index contributed by atoms with van der Waals surface area (Å²) in [7, 11) is 6.10. The number of methoxy groups -OCH3 is 2. The van der Waals surface area contributed by atoms with E-state index in [1.165, 1.54) is 12.0 Å². The molecule has 2 aromatic carbocycles. The van der Waals surface area contributed by atoms with E-state index in [-0.39, 0.29) is 16.5 Å². The number of esters is 1. The molecule has 0 spiro atoms. The largest absolute Gasteiger partial charge is 0.497 e. The first-order valence-electron chi connectivity index (χ1n) is 11.0. The number of para-hydroxylation sites is 1. The number of aromatic nitrogens is 1. The number of carbonyl (C=O) groups is 3. The molecule has 0 fully saturated rings. The zero-order valence-electron chi connectivity index (χ0n) is 20.5. The highest BCUT2D eigenvalue weighted by Gasteiger charge is 2.27. The molecule has 2 amide bonds. The lowest BCUT2D eigenvalue weighted by molar-refractivity contribution is 0.0601. The molecule has 2 aromatic heterocycles. The molecule has 9 heteroatoms. The lowest BCUT2D eigenvalue weighted by Gasteiger charge is -2.11. The van der Waals surface area contributed by atoms with Crippen LogP contribution >= 0.6 is 11.3 Å². The lowest BCUT2D eigenvalue weighted by Crippen LogP contribution is -2.21. The molecule has 0 aliphatic rings. The van der Waals surface area contributed by atoms with Gasteiger partial charge in [-0.1, -0.05) is 30.3 Å². The second kappa shape index (κ2) is 10.2. The molecule has 0 saturated carbocycles. The molecule has 0 unspecified atom stereocenters. The highest BCUT2D eigenvalue weighted by Crippen LogP contribution is 2.35. The van der Waals surface area contributed by atoms with Crippen molar-refractivity contribution in [2.45, 2.75) is 6.92 Å². The predicted molar refractivity (Wildman–Crippen MR) is 140 cm³/mol. The number of carbonyl (C=O) groups excluding carboxylic acids is 3. The minimum atomic E-state index is -0.631. The third kappa shape index (κ3) is 4.65. The maximum atomic E-state index is 13.6. The fraction of sp³-hybridized carbons (Fsp3) is 0.185. The Morgan fingerprint density at radius 1 is 1.00 bits per heavy atom. The molecule has 4 rings (SSSR count). The number of nitrogens with zero attached hydrogens (tertiary/aromatic N) is 2. The van der Waals surface area contributed by atoms with Gasteiger partial charge in [-0.15, -0.1) is 11.3 Å². The van der Waals surface area contributed by atoms with Gasteiger partial charge in [0.05, 0.1) is 41.4 Å². The van der Waals surface area contributed by atoms with Crippen molar-refractivity contribution >= 4 is 45.0 Å². The Kier molecular flexibility index (Phi) is 7.03. The van der Waals surface area contributed by atoms with E-state index in [9.17, 15) is 14.4 Å². The average Bonchev–Trinajstić information content (AvgIpc) is 3.22. The van der Waals surface area contributed by atoms with Crippen molar-refractivity contribution in [2.24, 2.45) is 0 Å². The van der Waals surface area contributed by atoms with Gasteiger partial charge in [-0.05, 0) is 36.8 Å². The Morgan fingerprint density at radius 3 is 2.44 bits per heavy atom. The van der Waals surface area contributed by atoms with Crippen LogP contribution in [0.25, 0.3) is 22.2 Å². The van der Waals surface area contributed by atoms with E-state index in [1.807, 2.05) is 48.5 Å². The Labute approximate surface area is 212 Å². The molecule has 8 nitrogen and oxygen atoms in total. The first kappa shape index (κ1) is 24.9. The number of rotatable bonds is 6. The van der Waals surface area contributed by atoms with Gasteiger partial charge in [-0.3, -0.25) is 9.59 Å². The van der Waals surface area contributed by atoms with E-state index in [4.69, 9.17) is 14.5 Å². The second-order valence-electron chi connectivity index (χ2n) is 8.21. The topological polar surface area (TPSA) is 97.8 Å². The molecule has 0 atom stereocenters. The molecule has 36 heavy (non-hydrogen) atoms. The van der Waals surface area contributed by atoms with Crippen LogP contribution in [-0.2, 0) is 4.74 Å². The molecule has 1 N–H and O–H groups in total. The summed E-state index contributed by atoms with van der Waals surface area (Å²) >= 11 is 1.04. The van der Waals surface area contributed by atoms with Crippen LogP contribution in [0.1, 0.15) is 36.0 Å². The Balaban J connectivity index is 1.82. The van der Waals surface area contributed by atoms with E-state index in [0.717, 1.165) is 16.9 Å². The zero-order valence-corrected chi connectivity index (χ0v) is 21.4. The summed E-state index contributed by atoms with van der Waals surface area (Å²) in [5, 5.41) is 3.75. The lowest BCUT2D eigenvalue weighted by atomic mass is 10.0. The maximum Gasteiger partial charge on any atom is 0.341 e. The summed E-state index contributed by atoms with van der Waals surface area (Å²) in [5.41, 5.74) is 3.01. The van der Waals surface area contributed by atoms with E-state index in [1.54, 1.807) is 34.2 Å². The first-order chi connectivity index (χ1) is 17.2. The van der Waals surface area contributed by atoms with Gasteiger partial charge in [-0.25, -0.2) is 9.78 Å². The molecule has 4 aromatic rings. The quantitative estimate of drug-likeness (QED) is 0.371. The highest BCUT2D eigenvalue weighted by atomic mass is 32.1. The summed E-state index contributed by atoms with van der Waals surface area (Å²) < 4.78 is 10.3. The van der Waals surface area contributed by atoms with Gasteiger partial charge >= 0.3 is 5.97 Å². The van der Waals surface area contributed by atoms with Crippen molar-refractivity contribution in [3.63, 3.8) is 0 Å². The third-order valence-corrected chi connectivity index (χ3v) is 6.89. The normalized spacial score (nSPS) is 10.7. The Bertz CT molecular complexity index is 1490. The van der Waals surface area contributed by atoms with Crippen LogP contribution in [-0.4, -0.2) is 56.0 Å². The van der Waals surface area contributed by atoms with E-state index in [0.29, 0.717) is 38.4 Å². The van der Waals surface area contributed by atoms with Crippen LogP contribution in [0.2, 0.25) is 0 Å². The van der Waals surface area contributed by atoms with Crippen LogP contribution in [0.5, 0.6) is 5.75 Å². The number of anilines is 1. The van der Waals surface area contributed by atoms with Crippen LogP contribution in [0.3, 0.4) is 0 Å². The SMILES string of the molecule is COC(=O)c1c(NC(=O)c2cc(-c3cccc(OC)c3)nc3ccccc23)sc(C(=O)N(C)C)c1C. The molecule has 2 heterocycles. The fourth-order valence-electron chi connectivity index (χ4n) is 3.82. The predicted octanol–water partition coefficient (Wildman–Crippen LogP) is 5.02. The van der Waals surface area contributed by atoms with Crippen LogP contribution in [0.4, 0.5) is 5.00 Å². The number of benzene rings is 2. The highest BCUT2D eigenvalue weighted by molar-refractivity contribution is 7.18. The van der Waals surface area contributed by atoms with Gasteiger partial charge < -0.3 is 19.7 Å². The number of hydrogen-bond donors (Lipinski definition) is 1. The molecule has 0 bridgehead atoms. The van der Waals surface area contributed by atoms with E-state index >= 15 is 0 Å². The summed E-state index contributed by atoms with van der Waals surface area (Å²) in [6, 6.07) is 16.4. The number of fused-ring (bicyclic) bond motifs is 1.